The highest BCUT2D eigenvalue weighted by Gasteiger charge is 2.05. The molecule has 1 aromatic carbocycles. The smallest absolute Gasteiger partial charge is 0.244 e. The van der Waals surface area contributed by atoms with E-state index in [1.54, 1.807) is 35.9 Å². The molecule has 0 aliphatic heterocycles. The summed E-state index contributed by atoms with van der Waals surface area (Å²) < 4.78 is 0. The molecule has 0 saturated heterocycles. The van der Waals surface area contributed by atoms with Gasteiger partial charge in [-0.05, 0) is 30.7 Å². The number of amides is 1. The first-order valence-corrected chi connectivity index (χ1v) is 8.46. The Hall–Kier alpha value is -2.79. The van der Waals surface area contributed by atoms with Crippen molar-refractivity contribution in [1.29, 1.82) is 0 Å². The maximum absolute atomic E-state index is 11.9. The monoisotopic (exact) mass is 335 g/mol. The standard InChI is InChI=1S/C19H17N3OS/c1-14-4-6-15(7-5-14)8-9-18(23)21-12-17-13-24-19(22-17)16-3-2-10-20-11-16/h2-11,13H,12H2,1H3,(H,21,23)/b9-8+. The summed E-state index contributed by atoms with van der Waals surface area (Å²) in [6, 6.07) is 11.9. The van der Waals surface area contributed by atoms with Crippen molar-refractivity contribution in [2.45, 2.75) is 13.5 Å². The van der Waals surface area contributed by atoms with Crippen molar-refractivity contribution < 1.29 is 4.79 Å². The molecule has 0 radical (unpaired) electrons. The van der Waals surface area contributed by atoms with E-state index in [4.69, 9.17) is 0 Å². The van der Waals surface area contributed by atoms with Crippen LogP contribution in [0.15, 0.2) is 60.2 Å². The van der Waals surface area contributed by atoms with Crippen LogP contribution in [0.5, 0.6) is 0 Å². The van der Waals surface area contributed by atoms with Gasteiger partial charge in [0, 0.05) is 29.4 Å². The van der Waals surface area contributed by atoms with Crippen molar-refractivity contribution in [3.63, 3.8) is 0 Å². The molecule has 4 nitrogen and oxygen atoms in total. The van der Waals surface area contributed by atoms with Crippen LogP contribution >= 0.6 is 11.3 Å². The molecule has 0 aliphatic carbocycles. The fourth-order valence-corrected chi connectivity index (χ4v) is 2.91. The van der Waals surface area contributed by atoms with Crippen molar-refractivity contribution in [2.24, 2.45) is 0 Å². The largest absolute Gasteiger partial charge is 0.347 e. The third-order valence-electron chi connectivity index (χ3n) is 3.41. The number of carbonyl (C=O) groups excluding carboxylic acids is 1. The molecule has 2 aromatic heterocycles. The topological polar surface area (TPSA) is 54.9 Å². The van der Waals surface area contributed by atoms with E-state index in [1.165, 1.54) is 5.56 Å². The summed E-state index contributed by atoms with van der Waals surface area (Å²) in [6.07, 6.45) is 6.86. The molecule has 24 heavy (non-hydrogen) atoms. The van der Waals surface area contributed by atoms with Gasteiger partial charge in [0.15, 0.2) is 0 Å². The van der Waals surface area contributed by atoms with Crippen LogP contribution in [0.3, 0.4) is 0 Å². The van der Waals surface area contributed by atoms with Gasteiger partial charge in [0.05, 0.1) is 12.2 Å². The van der Waals surface area contributed by atoms with Crippen LogP contribution in [0.1, 0.15) is 16.8 Å². The normalized spacial score (nSPS) is 10.9. The first kappa shape index (κ1) is 16.1. The zero-order valence-corrected chi connectivity index (χ0v) is 14.1. The quantitative estimate of drug-likeness (QED) is 0.721. The summed E-state index contributed by atoms with van der Waals surface area (Å²) in [7, 11) is 0. The third-order valence-corrected chi connectivity index (χ3v) is 4.35. The number of rotatable bonds is 5. The molecule has 0 bridgehead atoms. The van der Waals surface area contributed by atoms with Crippen molar-refractivity contribution in [3.8, 4) is 10.6 Å². The molecule has 120 valence electrons. The first-order valence-electron chi connectivity index (χ1n) is 7.58. The highest BCUT2D eigenvalue weighted by atomic mass is 32.1. The van der Waals surface area contributed by atoms with Crippen LogP contribution in [-0.2, 0) is 11.3 Å². The molecular formula is C19H17N3OS. The highest BCUT2D eigenvalue weighted by molar-refractivity contribution is 7.13. The lowest BCUT2D eigenvalue weighted by atomic mass is 10.1. The summed E-state index contributed by atoms with van der Waals surface area (Å²) in [4.78, 5) is 20.5. The number of aryl methyl sites for hydroxylation is 1. The Morgan fingerprint density at radius 2 is 2.08 bits per heavy atom. The molecule has 0 fully saturated rings. The van der Waals surface area contributed by atoms with Gasteiger partial charge in [0.2, 0.25) is 5.91 Å². The molecule has 5 heteroatoms. The Labute approximate surface area is 144 Å². The summed E-state index contributed by atoms with van der Waals surface area (Å²) in [6.45, 7) is 2.45. The van der Waals surface area contributed by atoms with Gasteiger partial charge in [-0.15, -0.1) is 11.3 Å². The molecule has 3 aromatic rings. The molecule has 1 amide bonds. The molecule has 0 spiro atoms. The number of hydrogen-bond donors (Lipinski definition) is 1. The fourth-order valence-electron chi connectivity index (χ4n) is 2.10. The lowest BCUT2D eigenvalue weighted by molar-refractivity contribution is -0.116. The van der Waals surface area contributed by atoms with Crippen LogP contribution in [0.4, 0.5) is 0 Å². The maximum atomic E-state index is 11.9. The molecule has 0 atom stereocenters. The second-order valence-corrected chi connectivity index (χ2v) is 6.21. The number of benzene rings is 1. The Morgan fingerprint density at radius 1 is 1.25 bits per heavy atom. The molecule has 0 aliphatic rings. The van der Waals surface area contributed by atoms with Gasteiger partial charge in [-0.2, -0.15) is 0 Å². The van der Waals surface area contributed by atoms with Crippen LogP contribution < -0.4 is 5.32 Å². The second kappa shape index (κ2) is 7.66. The van der Waals surface area contributed by atoms with Crippen LogP contribution in [0.2, 0.25) is 0 Å². The highest BCUT2D eigenvalue weighted by Crippen LogP contribution is 2.22. The van der Waals surface area contributed by atoms with Gasteiger partial charge in [0.25, 0.3) is 0 Å². The Balaban J connectivity index is 1.55. The second-order valence-electron chi connectivity index (χ2n) is 5.35. The van der Waals surface area contributed by atoms with E-state index in [2.05, 4.69) is 15.3 Å². The van der Waals surface area contributed by atoms with Crippen LogP contribution in [0.25, 0.3) is 16.6 Å². The molecule has 2 heterocycles. The van der Waals surface area contributed by atoms with Gasteiger partial charge in [-0.3, -0.25) is 9.78 Å². The molecule has 0 saturated carbocycles. The predicted molar refractivity (Wildman–Crippen MR) is 97.4 cm³/mol. The summed E-state index contributed by atoms with van der Waals surface area (Å²) >= 11 is 1.55. The Kier molecular flexibility index (Phi) is 5.13. The molecular weight excluding hydrogens is 318 g/mol. The van der Waals surface area contributed by atoms with E-state index >= 15 is 0 Å². The van der Waals surface area contributed by atoms with E-state index in [0.717, 1.165) is 21.8 Å². The number of thiazole rings is 1. The Morgan fingerprint density at radius 3 is 2.83 bits per heavy atom. The number of nitrogens with one attached hydrogen (secondary N) is 1. The molecule has 3 rings (SSSR count). The van der Waals surface area contributed by atoms with Gasteiger partial charge in [-0.1, -0.05) is 29.8 Å². The first-order chi connectivity index (χ1) is 11.7. The van der Waals surface area contributed by atoms with Gasteiger partial charge >= 0.3 is 0 Å². The van der Waals surface area contributed by atoms with E-state index in [0.29, 0.717) is 6.54 Å². The van der Waals surface area contributed by atoms with Crippen molar-refractivity contribution in [3.05, 3.63) is 77.1 Å². The van der Waals surface area contributed by atoms with E-state index in [9.17, 15) is 4.79 Å². The van der Waals surface area contributed by atoms with Crippen LogP contribution in [0, 0.1) is 6.92 Å². The fraction of sp³-hybridized carbons (Fsp3) is 0.105. The summed E-state index contributed by atoms with van der Waals surface area (Å²) in [5.74, 6) is -0.133. The predicted octanol–water partition coefficient (Wildman–Crippen LogP) is 3.84. The number of aromatic nitrogens is 2. The summed E-state index contributed by atoms with van der Waals surface area (Å²) in [5.41, 5.74) is 4.03. The van der Waals surface area contributed by atoms with Gasteiger partial charge in [-0.25, -0.2) is 4.98 Å². The number of hydrogen-bond acceptors (Lipinski definition) is 4. The SMILES string of the molecule is Cc1ccc(/C=C/C(=O)NCc2csc(-c3cccnc3)n2)cc1. The lowest BCUT2D eigenvalue weighted by Crippen LogP contribution is -2.20. The number of nitrogens with zero attached hydrogens (tertiary/aromatic N) is 2. The maximum Gasteiger partial charge on any atom is 0.244 e. The average Bonchev–Trinajstić information content (AvgIpc) is 3.09. The van der Waals surface area contributed by atoms with Gasteiger partial charge in [0.1, 0.15) is 5.01 Å². The van der Waals surface area contributed by atoms with Crippen LogP contribution in [-0.4, -0.2) is 15.9 Å². The molecule has 1 N–H and O–H groups in total. The minimum atomic E-state index is -0.133. The number of pyridine rings is 1. The summed E-state index contributed by atoms with van der Waals surface area (Å²) in [5, 5.41) is 5.70. The zero-order valence-electron chi connectivity index (χ0n) is 13.3. The van der Waals surface area contributed by atoms with E-state index in [-0.39, 0.29) is 5.91 Å². The Bertz CT molecular complexity index is 839. The van der Waals surface area contributed by atoms with Crippen molar-refractivity contribution in [2.75, 3.05) is 0 Å². The zero-order chi connectivity index (χ0) is 16.8. The average molecular weight is 335 g/mol. The minimum Gasteiger partial charge on any atom is -0.347 e. The molecule has 0 unspecified atom stereocenters. The van der Waals surface area contributed by atoms with Gasteiger partial charge < -0.3 is 5.32 Å². The lowest BCUT2D eigenvalue weighted by Gasteiger charge is -1.99. The number of carbonyl (C=O) groups is 1. The van der Waals surface area contributed by atoms with E-state index in [1.807, 2.05) is 48.7 Å². The van der Waals surface area contributed by atoms with E-state index < -0.39 is 0 Å². The van der Waals surface area contributed by atoms with Crippen molar-refractivity contribution in [1.82, 2.24) is 15.3 Å². The minimum absolute atomic E-state index is 0.133. The van der Waals surface area contributed by atoms with Crippen molar-refractivity contribution >= 4 is 23.3 Å². The third kappa shape index (κ3) is 4.36.